The molecular weight excluding hydrogens is 356 g/mol. The molecule has 2 aliphatic rings. The van der Waals surface area contributed by atoms with Gasteiger partial charge in [-0.2, -0.15) is 0 Å². The minimum Gasteiger partial charge on any atom is -0.460 e. The Morgan fingerprint density at radius 3 is 2.00 bits per heavy atom. The van der Waals surface area contributed by atoms with Crippen LogP contribution in [0.2, 0.25) is 0 Å². The van der Waals surface area contributed by atoms with Crippen molar-refractivity contribution in [2.45, 2.75) is 122 Å². The van der Waals surface area contributed by atoms with Crippen LogP contribution in [0.4, 0.5) is 0 Å². The largest absolute Gasteiger partial charge is 0.460 e. The predicted molar refractivity (Wildman–Crippen MR) is 109 cm³/mol. The van der Waals surface area contributed by atoms with E-state index >= 15 is 0 Å². The van der Waals surface area contributed by atoms with E-state index in [9.17, 15) is 14.7 Å². The van der Waals surface area contributed by atoms with Crippen LogP contribution >= 0.6 is 0 Å². The van der Waals surface area contributed by atoms with Gasteiger partial charge in [0.25, 0.3) is 0 Å². The molecule has 0 aromatic rings. The van der Waals surface area contributed by atoms with Gasteiger partial charge < -0.3 is 14.6 Å². The number of aliphatic hydroxyl groups excluding tert-OH is 1. The molecule has 0 radical (unpaired) electrons. The van der Waals surface area contributed by atoms with Crippen molar-refractivity contribution in [3.8, 4) is 0 Å². The van der Waals surface area contributed by atoms with Crippen molar-refractivity contribution < 1.29 is 24.2 Å². The second-order valence-corrected chi connectivity index (χ2v) is 8.36. The number of cyclic esters (lactones) is 2. The second-order valence-electron chi connectivity index (χ2n) is 8.36. The molecular formula is C23H38O5. The molecule has 160 valence electrons. The molecule has 5 nitrogen and oxygen atoms in total. The van der Waals surface area contributed by atoms with Gasteiger partial charge in [0.15, 0.2) is 0 Å². The smallest absolute Gasteiger partial charge is 0.334 e. The topological polar surface area (TPSA) is 72.8 Å². The highest BCUT2D eigenvalue weighted by Gasteiger charge is 2.29. The summed E-state index contributed by atoms with van der Waals surface area (Å²) in [5.41, 5.74) is 0.865. The summed E-state index contributed by atoms with van der Waals surface area (Å²) >= 11 is 0. The Morgan fingerprint density at radius 2 is 1.50 bits per heavy atom. The van der Waals surface area contributed by atoms with Gasteiger partial charge in [-0.25, -0.2) is 4.79 Å². The molecule has 1 N–H and O–H groups in total. The van der Waals surface area contributed by atoms with E-state index in [-0.39, 0.29) is 24.1 Å². The lowest BCUT2D eigenvalue weighted by molar-refractivity contribution is -0.145. The third-order valence-electron chi connectivity index (χ3n) is 5.78. The predicted octanol–water partition coefficient (Wildman–Crippen LogP) is 5.00. The van der Waals surface area contributed by atoms with Crippen LogP contribution in [-0.2, 0) is 19.1 Å². The highest BCUT2D eigenvalue weighted by molar-refractivity contribution is 5.90. The molecule has 1 saturated heterocycles. The summed E-state index contributed by atoms with van der Waals surface area (Å²) in [4.78, 5) is 22.6. The van der Waals surface area contributed by atoms with E-state index in [1.807, 2.05) is 13.0 Å². The molecule has 0 aliphatic carbocycles. The minimum atomic E-state index is -0.481. The van der Waals surface area contributed by atoms with Gasteiger partial charge in [0.05, 0.1) is 6.10 Å². The zero-order valence-corrected chi connectivity index (χ0v) is 17.5. The lowest BCUT2D eigenvalue weighted by atomic mass is 10.0. The van der Waals surface area contributed by atoms with E-state index in [1.165, 1.54) is 51.4 Å². The molecule has 2 rings (SSSR count). The monoisotopic (exact) mass is 394 g/mol. The van der Waals surface area contributed by atoms with Crippen molar-refractivity contribution in [3.05, 3.63) is 11.6 Å². The van der Waals surface area contributed by atoms with E-state index in [0.29, 0.717) is 12.8 Å². The Hall–Kier alpha value is -1.36. The molecule has 0 spiro atoms. The van der Waals surface area contributed by atoms with Gasteiger partial charge in [-0.15, -0.1) is 0 Å². The average Bonchev–Trinajstić information content (AvgIpc) is 3.23. The van der Waals surface area contributed by atoms with Crippen molar-refractivity contribution in [1.82, 2.24) is 0 Å². The minimum absolute atomic E-state index is 0.0421. The number of ether oxygens (including phenoxy) is 2. The molecule has 0 aromatic heterocycles. The van der Waals surface area contributed by atoms with E-state index in [1.54, 1.807) is 0 Å². The maximum absolute atomic E-state index is 11.5. The van der Waals surface area contributed by atoms with E-state index in [2.05, 4.69) is 0 Å². The van der Waals surface area contributed by atoms with Crippen LogP contribution in [0.5, 0.6) is 0 Å². The Bertz CT molecular complexity index is 513. The molecule has 1 fully saturated rings. The third kappa shape index (κ3) is 8.76. The summed E-state index contributed by atoms with van der Waals surface area (Å²) < 4.78 is 10.2. The van der Waals surface area contributed by atoms with Crippen LogP contribution in [0.3, 0.4) is 0 Å². The van der Waals surface area contributed by atoms with Crippen molar-refractivity contribution in [2.24, 2.45) is 0 Å². The standard InChI is InChI=1S/C23H38O5/c1-18-17-19(23(26)27-18)13-11-9-7-5-3-2-4-6-8-10-12-14-20(24)21-15-16-22(25)28-21/h17-18,20-21,24H,2-16H2,1H3/t18-,20+,21+/m1/s1. The van der Waals surface area contributed by atoms with Gasteiger partial charge in [-0.05, 0) is 38.7 Å². The molecule has 0 unspecified atom stereocenters. The number of esters is 2. The third-order valence-corrected chi connectivity index (χ3v) is 5.78. The van der Waals surface area contributed by atoms with Crippen LogP contribution in [0.25, 0.3) is 0 Å². The number of aliphatic hydroxyl groups is 1. The zero-order chi connectivity index (χ0) is 20.2. The molecule has 0 amide bonds. The Kier molecular flexibility index (Phi) is 10.6. The van der Waals surface area contributed by atoms with Crippen molar-refractivity contribution >= 4 is 11.9 Å². The van der Waals surface area contributed by atoms with Gasteiger partial charge in [0.2, 0.25) is 0 Å². The van der Waals surface area contributed by atoms with Gasteiger partial charge in [0, 0.05) is 12.0 Å². The van der Waals surface area contributed by atoms with Crippen LogP contribution < -0.4 is 0 Å². The van der Waals surface area contributed by atoms with Crippen LogP contribution in [0, 0.1) is 0 Å². The molecule has 0 bridgehead atoms. The number of hydrogen-bond acceptors (Lipinski definition) is 5. The average molecular weight is 395 g/mol. The number of unbranched alkanes of at least 4 members (excludes halogenated alkanes) is 10. The Morgan fingerprint density at radius 1 is 0.929 bits per heavy atom. The van der Waals surface area contributed by atoms with E-state index in [0.717, 1.165) is 37.7 Å². The highest BCUT2D eigenvalue weighted by Crippen LogP contribution is 2.22. The van der Waals surface area contributed by atoms with Gasteiger partial charge in [0.1, 0.15) is 12.2 Å². The molecule has 0 aromatic carbocycles. The molecule has 28 heavy (non-hydrogen) atoms. The Balaban J connectivity index is 1.30. The number of carbonyl (C=O) groups excluding carboxylic acids is 2. The zero-order valence-electron chi connectivity index (χ0n) is 17.5. The summed E-state index contributed by atoms with van der Waals surface area (Å²) in [5.74, 6) is -0.293. The SMILES string of the molecule is C[C@@H]1C=C(CCCCCCCCCCCCC[C@H](O)[C@@H]2CCC(=O)O2)C(=O)O1. The first kappa shape index (κ1) is 22.9. The summed E-state index contributed by atoms with van der Waals surface area (Å²) in [7, 11) is 0. The van der Waals surface area contributed by atoms with Gasteiger partial charge in [-0.3, -0.25) is 4.79 Å². The second kappa shape index (κ2) is 13.0. The lowest BCUT2D eigenvalue weighted by Gasteiger charge is -2.16. The van der Waals surface area contributed by atoms with Crippen LogP contribution in [-0.4, -0.2) is 35.4 Å². The van der Waals surface area contributed by atoms with E-state index in [4.69, 9.17) is 9.47 Å². The summed E-state index contributed by atoms with van der Waals surface area (Å²) in [5, 5.41) is 10.0. The summed E-state index contributed by atoms with van der Waals surface area (Å²) in [6, 6.07) is 0. The van der Waals surface area contributed by atoms with Crippen molar-refractivity contribution in [1.29, 1.82) is 0 Å². The molecule has 2 aliphatic heterocycles. The fourth-order valence-corrected chi connectivity index (χ4v) is 4.08. The number of rotatable bonds is 15. The number of hydrogen-bond donors (Lipinski definition) is 1. The van der Waals surface area contributed by atoms with Crippen molar-refractivity contribution in [3.63, 3.8) is 0 Å². The van der Waals surface area contributed by atoms with Gasteiger partial charge >= 0.3 is 11.9 Å². The van der Waals surface area contributed by atoms with Crippen LogP contribution in [0.15, 0.2) is 11.6 Å². The first-order valence-electron chi connectivity index (χ1n) is 11.4. The summed E-state index contributed by atoms with van der Waals surface area (Å²) in [6.07, 6.45) is 17.2. The fraction of sp³-hybridized carbons (Fsp3) is 0.826. The fourth-order valence-electron chi connectivity index (χ4n) is 4.08. The lowest BCUT2D eigenvalue weighted by Crippen LogP contribution is -2.25. The highest BCUT2D eigenvalue weighted by atomic mass is 16.6. The molecule has 0 saturated carbocycles. The van der Waals surface area contributed by atoms with Gasteiger partial charge in [-0.1, -0.05) is 64.2 Å². The molecule has 3 atom stereocenters. The number of carbonyl (C=O) groups is 2. The van der Waals surface area contributed by atoms with E-state index < -0.39 is 6.10 Å². The summed E-state index contributed by atoms with van der Waals surface area (Å²) in [6.45, 7) is 1.91. The first-order valence-corrected chi connectivity index (χ1v) is 11.4. The normalized spacial score (nSPS) is 22.9. The maximum atomic E-state index is 11.5. The molecule has 5 heteroatoms. The Labute approximate surface area is 169 Å². The molecule has 2 heterocycles. The quantitative estimate of drug-likeness (QED) is 0.313. The van der Waals surface area contributed by atoms with Crippen molar-refractivity contribution in [2.75, 3.05) is 0 Å². The van der Waals surface area contributed by atoms with Crippen LogP contribution in [0.1, 0.15) is 103 Å². The first-order chi connectivity index (χ1) is 13.6. The maximum Gasteiger partial charge on any atom is 0.334 e.